The van der Waals surface area contributed by atoms with Crippen molar-refractivity contribution >= 4 is 23.1 Å². The molecule has 1 aromatic rings. The summed E-state index contributed by atoms with van der Waals surface area (Å²) in [6.07, 6.45) is 3.71. The fraction of sp³-hybridized carbons (Fsp3) is 0.467. The highest BCUT2D eigenvalue weighted by Gasteiger charge is 2.28. The van der Waals surface area contributed by atoms with E-state index < -0.39 is 11.7 Å². The Kier molecular flexibility index (Phi) is 3.44. The van der Waals surface area contributed by atoms with Crippen molar-refractivity contribution in [3.05, 3.63) is 23.8 Å². The summed E-state index contributed by atoms with van der Waals surface area (Å²) in [5.74, 6) is -1.000. The zero-order chi connectivity index (χ0) is 14.1. The van der Waals surface area contributed by atoms with Crippen LogP contribution in [0.3, 0.4) is 0 Å². The number of ether oxygens (including phenoxy) is 1. The van der Waals surface area contributed by atoms with Crippen LogP contribution in [0.25, 0.3) is 0 Å². The molecule has 2 heterocycles. The molecule has 0 aromatic heterocycles. The van der Waals surface area contributed by atoms with Crippen molar-refractivity contribution < 1.29 is 14.3 Å². The Hall–Kier alpha value is -1.88. The molecule has 20 heavy (non-hydrogen) atoms. The number of nitrogens with one attached hydrogen (secondary N) is 1. The summed E-state index contributed by atoms with van der Waals surface area (Å²) in [5, 5.41) is 2.60. The fourth-order valence-corrected chi connectivity index (χ4v) is 2.73. The summed E-state index contributed by atoms with van der Waals surface area (Å²) < 4.78 is 5.73. The van der Waals surface area contributed by atoms with Crippen LogP contribution in [0.15, 0.2) is 18.2 Å². The second kappa shape index (κ2) is 5.25. The summed E-state index contributed by atoms with van der Waals surface area (Å²) in [6, 6.07) is 5.43. The number of hydrogen-bond donors (Lipinski definition) is 1. The summed E-state index contributed by atoms with van der Waals surface area (Å²) in [6.45, 7) is 1.66. The minimum atomic E-state index is -0.546. The van der Waals surface area contributed by atoms with E-state index in [1.165, 1.54) is 6.42 Å². The molecule has 0 saturated carbocycles. The van der Waals surface area contributed by atoms with Crippen LogP contribution in [0.1, 0.15) is 29.6 Å². The topological polar surface area (TPSA) is 58.6 Å². The molecule has 1 amide bonds. The van der Waals surface area contributed by atoms with Gasteiger partial charge in [0.15, 0.2) is 0 Å². The quantitative estimate of drug-likeness (QED) is 0.854. The number of likely N-dealkylation sites (N-methyl/N-ethyl adjacent to an activating group) is 1. The summed E-state index contributed by atoms with van der Waals surface area (Å²) in [5.41, 5.74) is 2.04. The third-order valence-corrected chi connectivity index (χ3v) is 3.89. The standard InChI is InChI=1S/C15H18N2O3/c1-17(9-11-4-2-3-7-20-11)10-5-6-12-13(8-10)16-15(19)14(12)18/h5-6,8,11H,2-4,7,9H2,1H3,(H,16,18,19). The smallest absolute Gasteiger partial charge is 0.296 e. The van der Waals surface area contributed by atoms with E-state index in [4.69, 9.17) is 4.74 Å². The van der Waals surface area contributed by atoms with E-state index in [-0.39, 0.29) is 6.10 Å². The first kappa shape index (κ1) is 13.1. The average Bonchev–Trinajstić information content (AvgIpc) is 2.74. The molecule has 1 N–H and O–H groups in total. The van der Waals surface area contributed by atoms with E-state index in [1.807, 2.05) is 19.2 Å². The lowest BCUT2D eigenvalue weighted by atomic mass is 10.1. The predicted octanol–water partition coefficient (Wildman–Crippen LogP) is 1.83. The highest BCUT2D eigenvalue weighted by atomic mass is 16.5. The first-order chi connectivity index (χ1) is 9.65. The van der Waals surface area contributed by atoms with Gasteiger partial charge in [0, 0.05) is 25.9 Å². The number of benzene rings is 1. The van der Waals surface area contributed by atoms with Gasteiger partial charge in [0.05, 0.1) is 17.4 Å². The van der Waals surface area contributed by atoms with Gasteiger partial charge in [-0.3, -0.25) is 9.59 Å². The van der Waals surface area contributed by atoms with E-state index in [9.17, 15) is 9.59 Å². The third-order valence-electron chi connectivity index (χ3n) is 3.89. The highest BCUT2D eigenvalue weighted by Crippen LogP contribution is 2.28. The molecule has 106 valence electrons. The number of rotatable bonds is 3. The summed E-state index contributed by atoms with van der Waals surface area (Å²) >= 11 is 0. The fourth-order valence-electron chi connectivity index (χ4n) is 2.73. The van der Waals surface area contributed by atoms with E-state index in [1.54, 1.807) is 6.07 Å². The zero-order valence-corrected chi connectivity index (χ0v) is 11.5. The van der Waals surface area contributed by atoms with Gasteiger partial charge >= 0.3 is 0 Å². The van der Waals surface area contributed by atoms with Crippen LogP contribution in [0.5, 0.6) is 0 Å². The Morgan fingerprint density at radius 3 is 2.95 bits per heavy atom. The van der Waals surface area contributed by atoms with Gasteiger partial charge in [0.1, 0.15) is 0 Å². The van der Waals surface area contributed by atoms with E-state index >= 15 is 0 Å². The Morgan fingerprint density at radius 2 is 2.20 bits per heavy atom. The molecule has 0 radical (unpaired) electrons. The number of carbonyl (C=O) groups is 2. The summed E-state index contributed by atoms with van der Waals surface area (Å²) in [7, 11) is 2.00. The van der Waals surface area contributed by atoms with Crippen LogP contribution in [-0.2, 0) is 9.53 Å². The van der Waals surface area contributed by atoms with Gasteiger partial charge in [-0.25, -0.2) is 0 Å². The number of nitrogens with zero attached hydrogens (tertiary/aromatic N) is 1. The van der Waals surface area contributed by atoms with Crippen molar-refractivity contribution in [2.75, 3.05) is 30.4 Å². The van der Waals surface area contributed by atoms with Gasteiger partial charge in [-0.05, 0) is 37.5 Å². The number of amides is 1. The number of hydrogen-bond acceptors (Lipinski definition) is 4. The Balaban J connectivity index is 1.73. The van der Waals surface area contributed by atoms with E-state index in [0.29, 0.717) is 11.3 Å². The monoisotopic (exact) mass is 274 g/mol. The third kappa shape index (κ3) is 2.41. The van der Waals surface area contributed by atoms with Crippen LogP contribution in [0.2, 0.25) is 0 Å². The number of carbonyl (C=O) groups excluding carboxylic acids is 2. The normalized spacial score (nSPS) is 21.6. The van der Waals surface area contributed by atoms with Gasteiger partial charge in [-0.2, -0.15) is 0 Å². The second-order valence-corrected chi connectivity index (χ2v) is 5.38. The lowest BCUT2D eigenvalue weighted by Gasteiger charge is -2.28. The molecule has 3 rings (SSSR count). The first-order valence-corrected chi connectivity index (χ1v) is 6.97. The van der Waals surface area contributed by atoms with Crippen molar-refractivity contribution in [1.29, 1.82) is 0 Å². The largest absolute Gasteiger partial charge is 0.376 e. The van der Waals surface area contributed by atoms with E-state index in [2.05, 4.69) is 10.2 Å². The van der Waals surface area contributed by atoms with Crippen LogP contribution in [0.4, 0.5) is 11.4 Å². The van der Waals surface area contributed by atoms with Crippen LogP contribution in [-0.4, -0.2) is 38.0 Å². The van der Waals surface area contributed by atoms with Crippen LogP contribution >= 0.6 is 0 Å². The Bertz CT molecular complexity index is 550. The molecule has 1 fully saturated rings. The number of ketones is 1. The molecular weight excluding hydrogens is 256 g/mol. The van der Waals surface area contributed by atoms with Gasteiger partial charge in [0.25, 0.3) is 11.7 Å². The second-order valence-electron chi connectivity index (χ2n) is 5.38. The molecule has 1 atom stereocenters. The maximum absolute atomic E-state index is 11.5. The van der Waals surface area contributed by atoms with E-state index in [0.717, 1.165) is 31.7 Å². The minimum Gasteiger partial charge on any atom is -0.376 e. The van der Waals surface area contributed by atoms with Gasteiger partial charge in [-0.1, -0.05) is 0 Å². The van der Waals surface area contributed by atoms with Crippen molar-refractivity contribution in [3.63, 3.8) is 0 Å². The maximum Gasteiger partial charge on any atom is 0.296 e. The molecule has 5 heteroatoms. The van der Waals surface area contributed by atoms with Crippen molar-refractivity contribution in [2.24, 2.45) is 0 Å². The van der Waals surface area contributed by atoms with Crippen LogP contribution in [0, 0.1) is 0 Å². The van der Waals surface area contributed by atoms with Gasteiger partial charge in [-0.15, -0.1) is 0 Å². The molecule has 0 aliphatic carbocycles. The lowest BCUT2D eigenvalue weighted by Crippen LogP contribution is -2.33. The van der Waals surface area contributed by atoms with Gasteiger partial charge < -0.3 is 15.0 Å². The maximum atomic E-state index is 11.5. The molecule has 2 aliphatic heterocycles. The SMILES string of the molecule is CN(CC1CCCCO1)c1ccc2c(c1)NC(=O)C2=O. The number of Topliss-reactive ketones (excluding diaryl/α,β-unsaturated/α-hetero) is 1. The average molecular weight is 274 g/mol. The van der Waals surface area contributed by atoms with Gasteiger partial charge in [0.2, 0.25) is 0 Å². The first-order valence-electron chi connectivity index (χ1n) is 6.97. The van der Waals surface area contributed by atoms with Crippen LogP contribution < -0.4 is 10.2 Å². The van der Waals surface area contributed by atoms with Crippen molar-refractivity contribution in [2.45, 2.75) is 25.4 Å². The Labute approximate surface area is 117 Å². The Morgan fingerprint density at radius 1 is 1.35 bits per heavy atom. The zero-order valence-electron chi connectivity index (χ0n) is 11.5. The number of anilines is 2. The number of fused-ring (bicyclic) bond motifs is 1. The molecule has 0 spiro atoms. The molecule has 1 aromatic carbocycles. The molecular formula is C15H18N2O3. The highest BCUT2D eigenvalue weighted by molar-refractivity contribution is 6.51. The molecule has 2 aliphatic rings. The molecule has 1 saturated heterocycles. The molecule has 1 unspecified atom stereocenters. The molecule has 0 bridgehead atoms. The molecule has 5 nitrogen and oxygen atoms in total. The predicted molar refractivity (Wildman–Crippen MR) is 76.3 cm³/mol. The van der Waals surface area contributed by atoms with Crippen molar-refractivity contribution in [3.8, 4) is 0 Å². The summed E-state index contributed by atoms with van der Waals surface area (Å²) in [4.78, 5) is 25.0. The van der Waals surface area contributed by atoms with Crippen molar-refractivity contribution in [1.82, 2.24) is 0 Å². The minimum absolute atomic E-state index is 0.262. The lowest BCUT2D eigenvalue weighted by molar-refractivity contribution is -0.112.